The first-order valence-corrected chi connectivity index (χ1v) is 10.3. The molecular formula is C20H29N3O2S. The molecule has 26 heavy (non-hydrogen) atoms. The summed E-state index contributed by atoms with van der Waals surface area (Å²) in [4.78, 5) is 16.2. The van der Waals surface area contributed by atoms with Gasteiger partial charge in [0.1, 0.15) is 5.76 Å². The number of carbonyl (C=O) groups is 1. The molecule has 2 unspecified atom stereocenters. The number of hydrogen-bond donors (Lipinski definition) is 2. The summed E-state index contributed by atoms with van der Waals surface area (Å²) in [6.45, 7) is 7.15. The number of urea groups is 1. The minimum Gasteiger partial charge on any atom is -0.469 e. The Morgan fingerprint density at radius 2 is 2.15 bits per heavy atom. The lowest BCUT2D eigenvalue weighted by Crippen LogP contribution is -2.46. The van der Waals surface area contributed by atoms with Crippen molar-refractivity contribution in [2.24, 2.45) is 5.92 Å². The fourth-order valence-corrected chi connectivity index (χ4v) is 4.34. The highest BCUT2D eigenvalue weighted by atomic mass is 32.1. The van der Waals surface area contributed by atoms with E-state index in [4.69, 9.17) is 4.42 Å². The Balaban J connectivity index is 1.51. The zero-order valence-corrected chi connectivity index (χ0v) is 16.4. The summed E-state index contributed by atoms with van der Waals surface area (Å²) in [6.07, 6.45) is 4.81. The van der Waals surface area contributed by atoms with Crippen molar-refractivity contribution in [1.82, 2.24) is 15.5 Å². The molecular weight excluding hydrogens is 346 g/mol. The van der Waals surface area contributed by atoms with Gasteiger partial charge in [0.25, 0.3) is 0 Å². The normalized spacial score (nSPS) is 18.4. The van der Waals surface area contributed by atoms with E-state index in [-0.39, 0.29) is 18.1 Å². The molecule has 0 aromatic carbocycles. The van der Waals surface area contributed by atoms with Crippen molar-refractivity contribution < 1.29 is 9.21 Å². The number of amides is 2. The van der Waals surface area contributed by atoms with Crippen molar-refractivity contribution in [1.29, 1.82) is 0 Å². The lowest BCUT2D eigenvalue weighted by Gasteiger charge is -2.36. The zero-order valence-electron chi connectivity index (χ0n) is 15.6. The van der Waals surface area contributed by atoms with Crippen LogP contribution in [0.5, 0.6) is 0 Å². The molecule has 3 heterocycles. The lowest BCUT2D eigenvalue weighted by molar-refractivity contribution is 0.138. The third-order valence-electron chi connectivity index (χ3n) is 5.05. The highest BCUT2D eigenvalue weighted by molar-refractivity contribution is 7.10. The molecule has 142 valence electrons. The summed E-state index contributed by atoms with van der Waals surface area (Å²) < 4.78 is 5.34. The molecule has 2 aromatic heterocycles. The van der Waals surface area contributed by atoms with Crippen LogP contribution in [-0.2, 0) is 6.42 Å². The summed E-state index contributed by atoms with van der Waals surface area (Å²) in [5.41, 5.74) is 0. The maximum Gasteiger partial charge on any atom is 0.315 e. The van der Waals surface area contributed by atoms with Crippen molar-refractivity contribution in [2.45, 2.75) is 45.2 Å². The van der Waals surface area contributed by atoms with Gasteiger partial charge in [-0.15, -0.1) is 11.3 Å². The molecule has 0 radical (unpaired) electrons. The van der Waals surface area contributed by atoms with E-state index in [1.165, 1.54) is 17.7 Å². The first kappa shape index (κ1) is 19.0. The van der Waals surface area contributed by atoms with Crippen LogP contribution in [0.25, 0.3) is 0 Å². The van der Waals surface area contributed by atoms with Gasteiger partial charge in [-0.2, -0.15) is 0 Å². The number of piperidine rings is 1. The van der Waals surface area contributed by atoms with Crippen molar-refractivity contribution in [2.75, 3.05) is 19.6 Å². The van der Waals surface area contributed by atoms with E-state index in [0.29, 0.717) is 13.0 Å². The number of nitrogens with zero attached hydrogens (tertiary/aromatic N) is 1. The standard InChI is InChI=1S/C20H29N3O2S/c1-15-7-9-23(10-8-15)18(19-6-4-12-26-19)14-21-20(24)22-16(2)13-17-5-3-11-25-17/h3-6,11-12,15-16,18H,7-10,13-14H2,1-2H3,(H2,21,22,24). The van der Waals surface area contributed by atoms with E-state index in [2.05, 4.69) is 40.0 Å². The third-order valence-corrected chi connectivity index (χ3v) is 6.03. The topological polar surface area (TPSA) is 57.5 Å². The van der Waals surface area contributed by atoms with Crippen LogP contribution in [-0.4, -0.2) is 36.6 Å². The van der Waals surface area contributed by atoms with Crippen molar-refractivity contribution in [3.63, 3.8) is 0 Å². The average Bonchev–Trinajstić information content (AvgIpc) is 3.30. The Morgan fingerprint density at radius 1 is 1.35 bits per heavy atom. The first-order chi connectivity index (χ1) is 12.6. The summed E-state index contributed by atoms with van der Waals surface area (Å²) in [5, 5.41) is 8.19. The largest absolute Gasteiger partial charge is 0.469 e. The van der Waals surface area contributed by atoms with Gasteiger partial charge in [-0.1, -0.05) is 13.0 Å². The molecule has 6 heteroatoms. The van der Waals surface area contributed by atoms with Crippen molar-refractivity contribution in [3.8, 4) is 0 Å². The number of likely N-dealkylation sites (tertiary alicyclic amines) is 1. The molecule has 2 N–H and O–H groups in total. The Bertz CT molecular complexity index is 649. The molecule has 2 amide bonds. The van der Waals surface area contributed by atoms with Crippen LogP contribution < -0.4 is 10.6 Å². The van der Waals surface area contributed by atoms with Gasteiger partial charge in [0.15, 0.2) is 0 Å². The Labute approximate surface area is 159 Å². The molecule has 2 atom stereocenters. The van der Waals surface area contributed by atoms with Crippen molar-refractivity contribution in [3.05, 3.63) is 46.5 Å². The van der Waals surface area contributed by atoms with Gasteiger partial charge in [-0.25, -0.2) is 4.79 Å². The van der Waals surface area contributed by atoms with E-state index < -0.39 is 0 Å². The molecule has 0 saturated carbocycles. The van der Waals surface area contributed by atoms with E-state index in [1.807, 2.05) is 19.1 Å². The number of carbonyl (C=O) groups excluding carboxylic acids is 1. The quantitative estimate of drug-likeness (QED) is 0.768. The van der Waals surface area contributed by atoms with Gasteiger partial charge >= 0.3 is 6.03 Å². The maximum atomic E-state index is 12.3. The van der Waals surface area contributed by atoms with E-state index in [0.717, 1.165) is 24.8 Å². The summed E-state index contributed by atoms with van der Waals surface area (Å²) in [7, 11) is 0. The highest BCUT2D eigenvalue weighted by Crippen LogP contribution is 2.29. The Kier molecular flexibility index (Phi) is 6.74. The van der Waals surface area contributed by atoms with Crippen LogP contribution >= 0.6 is 11.3 Å². The molecule has 1 aliphatic heterocycles. The fraction of sp³-hybridized carbons (Fsp3) is 0.550. The second kappa shape index (κ2) is 9.24. The molecule has 5 nitrogen and oxygen atoms in total. The first-order valence-electron chi connectivity index (χ1n) is 9.46. The number of furan rings is 1. The maximum absolute atomic E-state index is 12.3. The van der Waals surface area contributed by atoms with Crippen LogP contribution in [0, 0.1) is 5.92 Å². The van der Waals surface area contributed by atoms with E-state index >= 15 is 0 Å². The fourth-order valence-electron chi connectivity index (χ4n) is 3.48. The molecule has 2 aromatic rings. The molecule has 1 saturated heterocycles. The molecule has 3 rings (SSSR count). The minimum absolute atomic E-state index is 0.0252. The van der Waals surface area contributed by atoms with Crippen LogP contribution in [0.15, 0.2) is 40.3 Å². The van der Waals surface area contributed by atoms with Gasteiger partial charge in [-0.05, 0) is 62.4 Å². The van der Waals surface area contributed by atoms with Gasteiger partial charge in [0, 0.05) is 23.9 Å². The lowest BCUT2D eigenvalue weighted by atomic mass is 9.97. The second-order valence-corrected chi connectivity index (χ2v) is 8.27. The van der Waals surface area contributed by atoms with Gasteiger partial charge in [-0.3, -0.25) is 4.90 Å². The van der Waals surface area contributed by atoms with Crippen molar-refractivity contribution >= 4 is 17.4 Å². The number of rotatable bonds is 7. The monoisotopic (exact) mass is 375 g/mol. The van der Waals surface area contributed by atoms with Gasteiger partial charge in [0.05, 0.1) is 12.3 Å². The Morgan fingerprint density at radius 3 is 2.81 bits per heavy atom. The summed E-state index contributed by atoms with van der Waals surface area (Å²) in [6, 6.07) is 8.23. The molecule has 0 bridgehead atoms. The smallest absolute Gasteiger partial charge is 0.315 e. The predicted octanol–water partition coefficient (Wildman–Crippen LogP) is 4.04. The van der Waals surface area contributed by atoms with Crippen LogP contribution in [0.2, 0.25) is 0 Å². The van der Waals surface area contributed by atoms with Crippen LogP contribution in [0.4, 0.5) is 4.79 Å². The predicted molar refractivity (Wildman–Crippen MR) is 105 cm³/mol. The third kappa shape index (κ3) is 5.35. The van der Waals surface area contributed by atoms with E-state index in [9.17, 15) is 4.79 Å². The van der Waals surface area contributed by atoms with E-state index in [1.54, 1.807) is 17.6 Å². The summed E-state index contributed by atoms with van der Waals surface area (Å²) in [5.74, 6) is 1.69. The molecule has 1 aliphatic rings. The minimum atomic E-state index is -0.115. The average molecular weight is 376 g/mol. The van der Waals surface area contributed by atoms with Crippen LogP contribution in [0.3, 0.4) is 0 Å². The second-order valence-electron chi connectivity index (χ2n) is 7.29. The Hall–Kier alpha value is -1.79. The van der Waals surface area contributed by atoms with Gasteiger partial charge < -0.3 is 15.1 Å². The SMILES string of the molecule is CC1CCN(C(CNC(=O)NC(C)Cc2ccco2)c2cccs2)CC1. The number of thiophene rings is 1. The summed E-state index contributed by atoms with van der Waals surface area (Å²) >= 11 is 1.77. The molecule has 0 spiro atoms. The number of nitrogens with one attached hydrogen (secondary N) is 2. The molecule has 1 fully saturated rings. The van der Waals surface area contributed by atoms with Gasteiger partial charge in [0.2, 0.25) is 0 Å². The zero-order chi connectivity index (χ0) is 18.4. The molecule has 0 aliphatic carbocycles. The van der Waals surface area contributed by atoms with Crippen LogP contribution in [0.1, 0.15) is 43.4 Å². The highest BCUT2D eigenvalue weighted by Gasteiger charge is 2.25. The number of hydrogen-bond acceptors (Lipinski definition) is 4.